The van der Waals surface area contributed by atoms with E-state index in [4.69, 9.17) is 4.74 Å². The number of hydrogen-bond donors (Lipinski definition) is 1. The fraction of sp³-hybridized carbons (Fsp3) is 0.556. The molecular formula is C18H27NO2. The lowest BCUT2D eigenvalue weighted by atomic mass is 9.98. The van der Waals surface area contributed by atoms with Crippen LogP contribution in [0.25, 0.3) is 0 Å². The van der Waals surface area contributed by atoms with Crippen molar-refractivity contribution in [2.75, 3.05) is 26.2 Å². The maximum atomic E-state index is 10.4. The Morgan fingerprint density at radius 1 is 1.33 bits per heavy atom. The molecule has 1 atom stereocenters. The molecule has 1 aromatic rings. The third-order valence-corrected chi connectivity index (χ3v) is 4.06. The Kier molecular flexibility index (Phi) is 5.83. The van der Waals surface area contributed by atoms with Crippen LogP contribution in [0.4, 0.5) is 0 Å². The first-order valence-corrected chi connectivity index (χ1v) is 7.82. The SMILES string of the molecule is C=C(C)COc1ccc(C(O)CN2CCC(C)CC2)cc1. The first-order chi connectivity index (χ1) is 10.0. The van der Waals surface area contributed by atoms with Gasteiger partial charge in [0.15, 0.2) is 0 Å². The fourth-order valence-corrected chi connectivity index (χ4v) is 2.59. The summed E-state index contributed by atoms with van der Waals surface area (Å²) in [6, 6.07) is 7.73. The Bertz CT molecular complexity index is 447. The van der Waals surface area contributed by atoms with Gasteiger partial charge in [0.2, 0.25) is 0 Å². The Labute approximate surface area is 128 Å². The highest BCUT2D eigenvalue weighted by Gasteiger charge is 2.19. The van der Waals surface area contributed by atoms with Crippen molar-refractivity contribution in [1.82, 2.24) is 4.90 Å². The molecule has 0 aliphatic carbocycles. The van der Waals surface area contributed by atoms with E-state index in [9.17, 15) is 5.11 Å². The summed E-state index contributed by atoms with van der Waals surface area (Å²) in [6.45, 7) is 11.5. The zero-order valence-electron chi connectivity index (χ0n) is 13.2. The summed E-state index contributed by atoms with van der Waals surface area (Å²) in [5.41, 5.74) is 1.95. The molecule has 1 fully saturated rings. The van der Waals surface area contributed by atoms with Crippen molar-refractivity contribution in [3.63, 3.8) is 0 Å². The number of benzene rings is 1. The molecule has 0 radical (unpaired) electrons. The number of piperidine rings is 1. The van der Waals surface area contributed by atoms with Crippen molar-refractivity contribution in [2.24, 2.45) is 5.92 Å². The molecule has 0 spiro atoms. The van der Waals surface area contributed by atoms with Gasteiger partial charge in [0.05, 0.1) is 6.10 Å². The molecule has 3 heteroatoms. The minimum atomic E-state index is -0.423. The molecule has 0 amide bonds. The molecule has 2 rings (SSSR count). The maximum absolute atomic E-state index is 10.4. The maximum Gasteiger partial charge on any atom is 0.119 e. The van der Waals surface area contributed by atoms with Gasteiger partial charge < -0.3 is 14.7 Å². The summed E-state index contributed by atoms with van der Waals surface area (Å²) in [6.07, 6.45) is 2.05. The first-order valence-electron chi connectivity index (χ1n) is 7.82. The Hall–Kier alpha value is -1.32. The summed E-state index contributed by atoms with van der Waals surface area (Å²) in [5.74, 6) is 1.64. The van der Waals surface area contributed by atoms with E-state index in [0.29, 0.717) is 6.61 Å². The summed E-state index contributed by atoms with van der Waals surface area (Å²) in [5, 5.41) is 10.4. The van der Waals surface area contributed by atoms with Gasteiger partial charge in [0.1, 0.15) is 12.4 Å². The molecule has 1 aliphatic heterocycles. The second-order valence-corrected chi connectivity index (χ2v) is 6.31. The summed E-state index contributed by atoms with van der Waals surface area (Å²) < 4.78 is 5.57. The van der Waals surface area contributed by atoms with Crippen molar-refractivity contribution >= 4 is 0 Å². The van der Waals surface area contributed by atoms with Crippen LogP contribution in [0, 0.1) is 5.92 Å². The van der Waals surface area contributed by atoms with Gasteiger partial charge in [-0.15, -0.1) is 0 Å². The summed E-state index contributed by atoms with van der Waals surface area (Å²) in [4.78, 5) is 2.36. The van der Waals surface area contributed by atoms with Crippen LogP contribution in [-0.2, 0) is 0 Å². The van der Waals surface area contributed by atoms with Crippen molar-refractivity contribution in [1.29, 1.82) is 0 Å². The average Bonchev–Trinajstić information content (AvgIpc) is 2.48. The number of aliphatic hydroxyl groups excluding tert-OH is 1. The van der Waals surface area contributed by atoms with E-state index < -0.39 is 6.10 Å². The molecule has 0 aromatic heterocycles. The number of β-amino-alcohol motifs (C(OH)–C–C–N with tert-alkyl or cyclic N) is 1. The number of aliphatic hydroxyl groups is 1. The molecule has 1 unspecified atom stereocenters. The lowest BCUT2D eigenvalue weighted by Crippen LogP contribution is -2.35. The Morgan fingerprint density at radius 3 is 2.52 bits per heavy atom. The normalized spacial score (nSPS) is 18.4. The second kappa shape index (κ2) is 7.62. The van der Waals surface area contributed by atoms with Gasteiger partial charge >= 0.3 is 0 Å². The van der Waals surface area contributed by atoms with E-state index in [1.807, 2.05) is 31.2 Å². The molecule has 3 nitrogen and oxygen atoms in total. The molecule has 1 N–H and O–H groups in total. The fourth-order valence-electron chi connectivity index (χ4n) is 2.59. The number of rotatable bonds is 6. The van der Waals surface area contributed by atoms with E-state index in [0.717, 1.165) is 42.4 Å². The summed E-state index contributed by atoms with van der Waals surface area (Å²) >= 11 is 0. The summed E-state index contributed by atoms with van der Waals surface area (Å²) in [7, 11) is 0. The highest BCUT2D eigenvalue weighted by molar-refractivity contribution is 5.29. The number of hydrogen-bond acceptors (Lipinski definition) is 3. The zero-order valence-corrected chi connectivity index (χ0v) is 13.2. The molecule has 1 heterocycles. The highest BCUT2D eigenvalue weighted by atomic mass is 16.5. The van der Waals surface area contributed by atoms with Crippen LogP contribution < -0.4 is 4.74 Å². The third-order valence-electron chi connectivity index (χ3n) is 4.06. The van der Waals surface area contributed by atoms with Crippen LogP contribution in [0.15, 0.2) is 36.4 Å². The van der Waals surface area contributed by atoms with E-state index in [1.54, 1.807) is 0 Å². The predicted octanol–water partition coefficient (Wildman–Crippen LogP) is 3.41. The molecule has 116 valence electrons. The monoisotopic (exact) mass is 289 g/mol. The standard InChI is InChI=1S/C18H27NO2/c1-14(2)13-21-17-6-4-16(5-7-17)18(20)12-19-10-8-15(3)9-11-19/h4-7,15,18,20H,1,8-13H2,2-3H3. The van der Waals surface area contributed by atoms with Crippen LogP contribution in [0.3, 0.4) is 0 Å². The average molecular weight is 289 g/mol. The zero-order chi connectivity index (χ0) is 15.2. The molecule has 1 aromatic carbocycles. The van der Waals surface area contributed by atoms with Crippen LogP contribution in [0.5, 0.6) is 5.75 Å². The second-order valence-electron chi connectivity index (χ2n) is 6.31. The first kappa shape index (κ1) is 16.1. The molecule has 21 heavy (non-hydrogen) atoms. The molecule has 0 bridgehead atoms. The van der Waals surface area contributed by atoms with Crippen LogP contribution in [0.2, 0.25) is 0 Å². The van der Waals surface area contributed by atoms with Crippen LogP contribution in [0.1, 0.15) is 38.4 Å². The van der Waals surface area contributed by atoms with Gasteiger partial charge in [0.25, 0.3) is 0 Å². The van der Waals surface area contributed by atoms with Crippen LogP contribution in [-0.4, -0.2) is 36.2 Å². The number of likely N-dealkylation sites (tertiary alicyclic amines) is 1. The van der Waals surface area contributed by atoms with Gasteiger partial charge in [-0.05, 0) is 62.0 Å². The van der Waals surface area contributed by atoms with Crippen molar-refractivity contribution < 1.29 is 9.84 Å². The Balaban J connectivity index is 1.84. The van der Waals surface area contributed by atoms with Crippen molar-refractivity contribution in [3.05, 3.63) is 42.0 Å². The van der Waals surface area contributed by atoms with Crippen LogP contribution >= 0.6 is 0 Å². The smallest absolute Gasteiger partial charge is 0.119 e. The van der Waals surface area contributed by atoms with Gasteiger partial charge in [-0.25, -0.2) is 0 Å². The number of ether oxygens (including phenoxy) is 1. The lowest BCUT2D eigenvalue weighted by Gasteiger charge is -2.31. The molecule has 0 saturated carbocycles. The van der Waals surface area contributed by atoms with Crippen molar-refractivity contribution in [3.8, 4) is 5.75 Å². The molecular weight excluding hydrogens is 262 g/mol. The minimum Gasteiger partial charge on any atom is -0.489 e. The highest BCUT2D eigenvalue weighted by Crippen LogP contribution is 2.22. The molecule has 1 aliphatic rings. The van der Waals surface area contributed by atoms with E-state index >= 15 is 0 Å². The number of nitrogens with zero attached hydrogens (tertiary/aromatic N) is 1. The van der Waals surface area contributed by atoms with Gasteiger partial charge in [0, 0.05) is 6.54 Å². The Morgan fingerprint density at radius 2 is 1.95 bits per heavy atom. The minimum absolute atomic E-state index is 0.423. The largest absolute Gasteiger partial charge is 0.489 e. The van der Waals surface area contributed by atoms with Crippen molar-refractivity contribution in [2.45, 2.75) is 32.8 Å². The van der Waals surface area contributed by atoms with Gasteiger partial charge in [-0.1, -0.05) is 25.6 Å². The predicted molar refractivity (Wildman–Crippen MR) is 86.5 cm³/mol. The topological polar surface area (TPSA) is 32.7 Å². The van der Waals surface area contributed by atoms with Gasteiger partial charge in [-0.2, -0.15) is 0 Å². The van der Waals surface area contributed by atoms with Gasteiger partial charge in [-0.3, -0.25) is 0 Å². The third kappa shape index (κ3) is 5.18. The molecule has 1 saturated heterocycles. The lowest BCUT2D eigenvalue weighted by molar-refractivity contribution is 0.0916. The van der Waals surface area contributed by atoms with E-state index in [-0.39, 0.29) is 0 Å². The van der Waals surface area contributed by atoms with E-state index in [2.05, 4.69) is 18.4 Å². The van der Waals surface area contributed by atoms with E-state index in [1.165, 1.54) is 12.8 Å². The quantitative estimate of drug-likeness (QED) is 0.815.